The Morgan fingerprint density at radius 2 is 1.64 bits per heavy atom. The van der Waals surface area contributed by atoms with Crippen molar-refractivity contribution in [1.29, 1.82) is 0 Å². The minimum Gasteiger partial charge on any atom is -0.381 e. The number of amides is 2. The summed E-state index contributed by atoms with van der Waals surface area (Å²) in [5.41, 5.74) is 1.51. The van der Waals surface area contributed by atoms with Crippen LogP contribution in [0, 0.1) is 18.6 Å². The lowest BCUT2D eigenvalue weighted by molar-refractivity contribution is -0.118. The Morgan fingerprint density at radius 1 is 0.917 bits per heavy atom. The van der Waals surface area contributed by atoms with Gasteiger partial charge >= 0.3 is 0 Å². The number of nitrogens with one attached hydrogen (secondary N) is 4. The maximum Gasteiger partial charge on any atom is 0.262 e. The number of sulfonamides is 1. The molecule has 2 amide bonds. The summed E-state index contributed by atoms with van der Waals surface area (Å²) in [4.78, 5) is 23.5. The summed E-state index contributed by atoms with van der Waals surface area (Å²) in [5.74, 6) is -2.29. The van der Waals surface area contributed by atoms with Crippen molar-refractivity contribution in [3.05, 3.63) is 89.0 Å². The van der Waals surface area contributed by atoms with E-state index in [9.17, 15) is 26.8 Å². The Labute approximate surface area is 208 Å². The first-order valence-electron chi connectivity index (χ1n) is 11.0. The zero-order valence-electron chi connectivity index (χ0n) is 19.7. The minimum absolute atomic E-state index is 0.0348. The molecule has 0 radical (unpaired) electrons. The molecule has 0 aromatic heterocycles. The Morgan fingerprint density at radius 3 is 2.33 bits per heavy atom. The van der Waals surface area contributed by atoms with E-state index in [2.05, 4.69) is 20.7 Å². The van der Waals surface area contributed by atoms with Crippen LogP contribution >= 0.6 is 0 Å². The van der Waals surface area contributed by atoms with Gasteiger partial charge in [-0.3, -0.25) is 14.3 Å². The third-order valence-corrected chi connectivity index (χ3v) is 6.50. The second-order valence-electron chi connectivity index (χ2n) is 7.99. The molecule has 8 nitrogen and oxygen atoms in total. The molecule has 3 aromatic carbocycles. The molecule has 0 spiro atoms. The van der Waals surface area contributed by atoms with Crippen LogP contribution in [-0.4, -0.2) is 33.3 Å². The van der Waals surface area contributed by atoms with Gasteiger partial charge in [-0.1, -0.05) is 24.3 Å². The molecule has 36 heavy (non-hydrogen) atoms. The van der Waals surface area contributed by atoms with Gasteiger partial charge < -0.3 is 16.0 Å². The van der Waals surface area contributed by atoms with Gasteiger partial charge in [0.1, 0.15) is 11.6 Å². The topological polar surface area (TPSA) is 116 Å². The van der Waals surface area contributed by atoms with Crippen molar-refractivity contribution >= 4 is 33.2 Å². The molecule has 0 fully saturated rings. The molecule has 4 N–H and O–H groups in total. The predicted molar refractivity (Wildman–Crippen MR) is 133 cm³/mol. The van der Waals surface area contributed by atoms with Gasteiger partial charge in [-0.25, -0.2) is 17.2 Å². The summed E-state index contributed by atoms with van der Waals surface area (Å²) in [7, 11) is -4.10. The van der Waals surface area contributed by atoms with Gasteiger partial charge in [0.05, 0.1) is 10.6 Å². The predicted octanol–water partition coefficient (Wildman–Crippen LogP) is 3.55. The Kier molecular flexibility index (Phi) is 8.59. The van der Waals surface area contributed by atoms with Crippen LogP contribution in [0.1, 0.15) is 28.4 Å². The summed E-state index contributed by atoms with van der Waals surface area (Å²) in [6.07, 6.45) is 0. The Balaban J connectivity index is 1.89. The number of halogens is 2. The highest BCUT2D eigenvalue weighted by molar-refractivity contribution is 7.92. The fourth-order valence-corrected chi connectivity index (χ4v) is 4.46. The highest BCUT2D eigenvalue weighted by Gasteiger charge is 2.19. The van der Waals surface area contributed by atoms with Crippen molar-refractivity contribution in [2.45, 2.75) is 25.3 Å². The molecule has 3 rings (SSSR count). The number of anilines is 2. The molecule has 190 valence electrons. The van der Waals surface area contributed by atoms with E-state index in [1.165, 1.54) is 31.2 Å². The molecular formula is C25H26F2N4O4S. The van der Waals surface area contributed by atoms with Crippen LogP contribution in [0.15, 0.2) is 65.6 Å². The van der Waals surface area contributed by atoms with E-state index in [0.717, 1.165) is 12.1 Å². The number of carbonyl (C=O) groups excluding carboxylic acids is 2. The molecule has 0 aliphatic heterocycles. The average molecular weight is 517 g/mol. The Hall–Kier alpha value is -3.99. The summed E-state index contributed by atoms with van der Waals surface area (Å²) >= 11 is 0. The SMILES string of the molecule is CC(=O)NCCNC(=O)c1cc(NCc2ccc(F)cc2F)cc(S(=O)(=O)Nc2ccccc2C)c1. The third kappa shape index (κ3) is 7.25. The minimum atomic E-state index is -4.10. The lowest BCUT2D eigenvalue weighted by atomic mass is 10.1. The van der Waals surface area contributed by atoms with Crippen LogP contribution in [-0.2, 0) is 21.4 Å². The van der Waals surface area contributed by atoms with Crippen molar-refractivity contribution in [1.82, 2.24) is 10.6 Å². The highest BCUT2D eigenvalue weighted by atomic mass is 32.2. The van der Waals surface area contributed by atoms with E-state index >= 15 is 0 Å². The summed E-state index contributed by atoms with van der Waals surface area (Å²) in [6, 6.07) is 13.9. The monoisotopic (exact) mass is 516 g/mol. The largest absolute Gasteiger partial charge is 0.381 e. The summed E-state index contributed by atoms with van der Waals surface area (Å²) < 4.78 is 56.1. The molecule has 3 aromatic rings. The van der Waals surface area contributed by atoms with Crippen molar-refractivity contribution in [3.8, 4) is 0 Å². The maximum absolute atomic E-state index is 14.1. The molecular weight excluding hydrogens is 490 g/mol. The van der Waals surface area contributed by atoms with Gasteiger partial charge in [0, 0.05) is 49.4 Å². The average Bonchev–Trinajstić information content (AvgIpc) is 2.82. The number of hydrogen-bond acceptors (Lipinski definition) is 5. The van der Waals surface area contributed by atoms with Gasteiger partial charge in [-0.2, -0.15) is 0 Å². The van der Waals surface area contributed by atoms with Crippen LogP contribution in [0.25, 0.3) is 0 Å². The van der Waals surface area contributed by atoms with Crippen LogP contribution in [0.2, 0.25) is 0 Å². The second-order valence-corrected chi connectivity index (χ2v) is 9.68. The molecule has 0 unspecified atom stereocenters. The molecule has 0 heterocycles. The van der Waals surface area contributed by atoms with Crippen molar-refractivity contribution in [2.24, 2.45) is 0 Å². The molecule has 0 bridgehead atoms. The van der Waals surface area contributed by atoms with E-state index in [1.807, 2.05) is 0 Å². The number of carbonyl (C=O) groups is 2. The summed E-state index contributed by atoms with van der Waals surface area (Å²) in [5, 5.41) is 8.05. The van der Waals surface area contributed by atoms with Crippen LogP contribution in [0.5, 0.6) is 0 Å². The van der Waals surface area contributed by atoms with E-state index in [0.29, 0.717) is 11.3 Å². The van der Waals surface area contributed by atoms with Gasteiger partial charge in [0.2, 0.25) is 5.91 Å². The molecule has 11 heteroatoms. The van der Waals surface area contributed by atoms with Gasteiger partial charge in [0.15, 0.2) is 0 Å². The van der Waals surface area contributed by atoms with Crippen LogP contribution < -0.4 is 20.7 Å². The number of benzene rings is 3. The first-order chi connectivity index (χ1) is 17.0. The lowest BCUT2D eigenvalue weighted by Crippen LogP contribution is -2.33. The van der Waals surface area contributed by atoms with Crippen molar-refractivity contribution in [3.63, 3.8) is 0 Å². The van der Waals surface area contributed by atoms with Gasteiger partial charge in [-0.15, -0.1) is 0 Å². The number of hydrogen-bond donors (Lipinski definition) is 4. The quantitative estimate of drug-likeness (QED) is 0.308. The normalized spacial score (nSPS) is 11.0. The highest BCUT2D eigenvalue weighted by Crippen LogP contribution is 2.24. The number of para-hydroxylation sites is 1. The lowest BCUT2D eigenvalue weighted by Gasteiger charge is -2.15. The van der Waals surface area contributed by atoms with Crippen molar-refractivity contribution < 1.29 is 26.8 Å². The fraction of sp³-hybridized carbons (Fsp3) is 0.200. The fourth-order valence-electron chi connectivity index (χ4n) is 3.26. The molecule has 0 aliphatic rings. The smallest absolute Gasteiger partial charge is 0.262 e. The maximum atomic E-state index is 14.1. The van der Waals surface area contributed by atoms with E-state index in [1.54, 1.807) is 31.2 Å². The first-order valence-corrected chi connectivity index (χ1v) is 12.5. The second kappa shape index (κ2) is 11.6. The first kappa shape index (κ1) is 26.6. The molecule has 0 saturated carbocycles. The number of rotatable bonds is 10. The summed E-state index contributed by atoms with van der Waals surface area (Å²) in [6.45, 7) is 3.34. The molecule has 0 atom stereocenters. The molecule has 0 aliphatic carbocycles. The Bertz CT molecular complexity index is 1380. The van der Waals surface area contributed by atoms with E-state index in [4.69, 9.17) is 0 Å². The molecule has 0 saturated heterocycles. The van der Waals surface area contributed by atoms with Crippen molar-refractivity contribution in [2.75, 3.05) is 23.1 Å². The van der Waals surface area contributed by atoms with Gasteiger partial charge in [-0.05, 0) is 42.8 Å². The standard InChI is InChI=1S/C25H26F2N4O4S/c1-16-5-3-4-6-24(16)31-36(34,35)22-12-19(25(33)29-10-9-28-17(2)32)11-21(14-22)30-15-18-7-8-20(26)13-23(18)27/h3-8,11-14,30-31H,9-10,15H2,1-2H3,(H,28,32)(H,29,33). The van der Waals surface area contributed by atoms with Crippen LogP contribution in [0.4, 0.5) is 20.2 Å². The zero-order valence-corrected chi connectivity index (χ0v) is 20.5. The third-order valence-electron chi connectivity index (χ3n) is 5.15. The van der Waals surface area contributed by atoms with Gasteiger partial charge in [0.25, 0.3) is 15.9 Å². The zero-order chi connectivity index (χ0) is 26.3. The number of aryl methyl sites for hydroxylation is 1. The van der Waals surface area contributed by atoms with Crippen LogP contribution in [0.3, 0.4) is 0 Å². The van der Waals surface area contributed by atoms with E-state index < -0.39 is 27.6 Å². The van der Waals surface area contributed by atoms with E-state index in [-0.39, 0.29) is 47.3 Å².